The molecule has 3 aliphatic rings. The van der Waals surface area contributed by atoms with Crippen molar-refractivity contribution < 1.29 is 14.0 Å². The molecule has 2 amide bonds. The zero-order chi connectivity index (χ0) is 18.3. The van der Waals surface area contributed by atoms with Gasteiger partial charge in [-0.2, -0.15) is 0 Å². The van der Waals surface area contributed by atoms with Gasteiger partial charge in [-0.05, 0) is 49.7 Å². The molecular weight excluding hydrogens is 333 g/mol. The van der Waals surface area contributed by atoms with Crippen LogP contribution in [-0.2, 0) is 4.79 Å². The number of amides is 2. The van der Waals surface area contributed by atoms with Gasteiger partial charge in [0.05, 0.1) is 11.5 Å². The Morgan fingerprint density at radius 1 is 1.00 bits per heavy atom. The monoisotopic (exact) mass is 359 g/mol. The smallest absolute Gasteiger partial charge is 0.256 e. The van der Waals surface area contributed by atoms with Crippen molar-refractivity contribution in [3.63, 3.8) is 0 Å². The summed E-state index contributed by atoms with van der Waals surface area (Å²) in [6.07, 6.45) is 4.06. The Morgan fingerprint density at radius 3 is 2.42 bits per heavy atom. The van der Waals surface area contributed by atoms with Crippen molar-refractivity contribution in [2.24, 2.45) is 23.5 Å². The molecule has 26 heavy (non-hydrogen) atoms. The third-order valence-electron chi connectivity index (χ3n) is 6.46. The molecule has 1 saturated heterocycles. The summed E-state index contributed by atoms with van der Waals surface area (Å²) in [7, 11) is 0. The van der Waals surface area contributed by atoms with Gasteiger partial charge in [0, 0.05) is 32.2 Å². The van der Waals surface area contributed by atoms with Crippen LogP contribution in [0.4, 0.5) is 4.39 Å². The Morgan fingerprint density at radius 2 is 1.69 bits per heavy atom. The van der Waals surface area contributed by atoms with Crippen LogP contribution in [-0.4, -0.2) is 53.8 Å². The number of rotatable bonds is 2. The third-order valence-corrected chi connectivity index (χ3v) is 6.46. The van der Waals surface area contributed by atoms with E-state index < -0.39 is 5.82 Å². The highest BCUT2D eigenvalue weighted by molar-refractivity contribution is 5.94. The first-order chi connectivity index (χ1) is 12.6. The number of hydrogen-bond acceptors (Lipinski definition) is 3. The highest BCUT2D eigenvalue weighted by Gasteiger charge is 2.50. The molecule has 0 aromatic heterocycles. The van der Waals surface area contributed by atoms with Crippen LogP contribution < -0.4 is 5.73 Å². The summed E-state index contributed by atoms with van der Waals surface area (Å²) >= 11 is 0. The molecule has 2 N–H and O–H groups in total. The molecule has 4 atom stereocenters. The maximum Gasteiger partial charge on any atom is 0.256 e. The molecule has 2 saturated carbocycles. The standard InChI is InChI=1S/C20H26FN3O2/c21-16-5-2-1-4-15(16)19(25)23-8-3-9-24(11-10-23)20(26)17-13-6-7-14(12-13)18(17)22/h1-2,4-5,13-14,17-18H,3,6-12,22H2. The third kappa shape index (κ3) is 3.00. The highest BCUT2D eigenvalue weighted by Crippen LogP contribution is 2.48. The number of carbonyl (C=O) groups is 2. The molecule has 140 valence electrons. The van der Waals surface area contributed by atoms with Crippen LogP contribution in [0, 0.1) is 23.6 Å². The van der Waals surface area contributed by atoms with Gasteiger partial charge in [0.15, 0.2) is 0 Å². The number of halogens is 1. The second-order valence-electron chi connectivity index (χ2n) is 7.89. The van der Waals surface area contributed by atoms with E-state index in [0.717, 1.165) is 19.3 Å². The Balaban J connectivity index is 1.41. The molecule has 1 heterocycles. The normalized spacial score (nSPS) is 31.2. The van der Waals surface area contributed by atoms with Crippen LogP contribution in [0.2, 0.25) is 0 Å². The Hall–Kier alpha value is -1.95. The van der Waals surface area contributed by atoms with Gasteiger partial charge in [0.2, 0.25) is 5.91 Å². The van der Waals surface area contributed by atoms with Crippen molar-refractivity contribution in [3.8, 4) is 0 Å². The van der Waals surface area contributed by atoms with Gasteiger partial charge in [0.1, 0.15) is 5.82 Å². The Bertz CT molecular complexity index is 708. The van der Waals surface area contributed by atoms with Crippen LogP contribution in [0.25, 0.3) is 0 Å². The maximum absolute atomic E-state index is 13.9. The molecule has 1 aromatic rings. The van der Waals surface area contributed by atoms with Gasteiger partial charge in [-0.15, -0.1) is 0 Å². The van der Waals surface area contributed by atoms with Crippen molar-refractivity contribution >= 4 is 11.8 Å². The zero-order valence-corrected chi connectivity index (χ0v) is 14.9. The number of benzene rings is 1. The van der Waals surface area contributed by atoms with E-state index in [2.05, 4.69) is 0 Å². The summed E-state index contributed by atoms with van der Waals surface area (Å²) in [5.74, 6) is 0.242. The second-order valence-corrected chi connectivity index (χ2v) is 7.89. The van der Waals surface area contributed by atoms with E-state index in [1.54, 1.807) is 17.0 Å². The van der Waals surface area contributed by atoms with Crippen LogP contribution in [0.5, 0.6) is 0 Å². The number of carbonyl (C=O) groups excluding carboxylic acids is 2. The van der Waals surface area contributed by atoms with Gasteiger partial charge in [0.25, 0.3) is 5.91 Å². The molecule has 0 spiro atoms. The van der Waals surface area contributed by atoms with Crippen molar-refractivity contribution in [1.82, 2.24) is 9.80 Å². The van der Waals surface area contributed by atoms with E-state index in [-0.39, 0.29) is 29.3 Å². The second kappa shape index (κ2) is 6.99. The van der Waals surface area contributed by atoms with E-state index in [1.165, 1.54) is 12.1 Å². The molecule has 2 bridgehead atoms. The Labute approximate surface area is 153 Å². The van der Waals surface area contributed by atoms with Gasteiger partial charge in [-0.3, -0.25) is 9.59 Å². The first-order valence-corrected chi connectivity index (χ1v) is 9.64. The zero-order valence-electron chi connectivity index (χ0n) is 14.9. The van der Waals surface area contributed by atoms with E-state index in [9.17, 15) is 14.0 Å². The lowest BCUT2D eigenvalue weighted by atomic mass is 9.84. The Kier molecular flexibility index (Phi) is 4.69. The predicted octanol–water partition coefficient (Wildman–Crippen LogP) is 1.87. The average Bonchev–Trinajstić information content (AvgIpc) is 3.13. The molecule has 1 aliphatic heterocycles. The van der Waals surface area contributed by atoms with E-state index >= 15 is 0 Å². The minimum absolute atomic E-state index is 0.0133. The fraction of sp³-hybridized carbons (Fsp3) is 0.600. The molecule has 6 heteroatoms. The number of nitrogens with zero attached hydrogens (tertiary/aromatic N) is 2. The minimum Gasteiger partial charge on any atom is -0.341 e. The molecule has 2 aliphatic carbocycles. The van der Waals surface area contributed by atoms with Crippen molar-refractivity contribution in [1.29, 1.82) is 0 Å². The number of fused-ring (bicyclic) bond motifs is 2. The summed E-state index contributed by atoms with van der Waals surface area (Å²) in [6, 6.07) is 6.05. The SMILES string of the molecule is NC1C2CCC(C2)C1C(=O)N1CCCN(C(=O)c2ccccc2F)CC1. The first kappa shape index (κ1) is 17.5. The van der Waals surface area contributed by atoms with E-state index in [1.807, 2.05) is 4.90 Å². The lowest BCUT2D eigenvalue weighted by molar-refractivity contribution is -0.137. The van der Waals surface area contributed by atoms with Crippen LogP contribution >= 0.6 is 0 Å². The minimum atomic E-state index is -0.498. The largest absolute Gasteiger partial charge is 0.341 e. The molecule has 3 fully saturated rings. The van der Waals surface area contributed by atoms with Crippen molar-refractivity contribution in [2.45, 2.75) is 31.7 Å². The van der Waals surface area contributed by atoms with E-state index in [4.69, 9.17) is 5.73 Å². The lowest BCUT2D eigenvalue weighted by Crippen LogP contribution is -2.48. The molecular formula is C20H26FN3O2. The molecule has 4 rings (SSSR count). The van der Waals surface area contributed by atoms with Crippen molar-refractivity contribution in [3.05, 3.63) is 35.6 Å². The van der Waals surface area contributed by atoms with Crippen molar-refractivity contribution in [2.75, 3.05) is 26.2 Å². The van der Waals surface area contributed by atoms with Gasteiger partial charge < -0.3 is 15.5 Å². The summed E-state index contributed by atoms with van der Waals surface area (Å²) in [6.45, 7) is 2.12. The molecule has 0 radical (unpaired) electrons. The summed E-state index contributed by atoms with van der Waals surface area (Å²) < 4.78 is 13.9. The van der Waals surface area contributed by atoms with Crippen LogP contribution in [0.1, 0.15) is 36.0 Å². The topological polar surface area (TPSA) is 66.6 Å². The van der Waals surface area contributed by atoms with Crippen LogP contribution in [0.15, 0.2) is 24.3 Å². The molecule has 1 aromatic carbocycles. The summed E-state index contributed by atoms with van der Waals surface area (Å²) in [5.41, 5.74) is 6.42. The predicted molar refractivity (Wildman–Crippen MR) is 95.8 cm³/mol. The molecule has 4 unspecified atom stereocenters. The summed E-state index contributed by atoms with van der Waals surface area (Å²) in [4.78, 5) is 29.2. The average molecular weight is 359 g/mol. The highest BCUT2D eigenvalue weighted by atomic mass is 19.1. The quantitative estimate of drug-likeness (QED) is 0.877. The van der Waals surface area contributed by atoms with Crippen LogP contribution in [0.3, 0.4) is 0 Å². The van der Waals surface area contributed by atoms with Gasteiger partial charge in [-0.25, -0.2) is 4.39 Å². The van der Waals surface area contributed by atoms with Gasteiger partial charge >= 0.3 is 0 Å². The van der Waals surface area contributed by atoms with E-state index in [0.29, 0.717) is 44.4 Å². The fourth-order valence-electron chi connectivity index (χ4n) is 5.06. The maximum atomic E-state index is 13.9. The fourth-order valence-corrected chi connectivity index (χ4v) is 5.06. The number of hydrogen-bond donors (Lipinski definition) is 1. The lowest BCUT2D eigenvalue weighted by Gasteiger charge is -2.32. The number of nitrogens with two attached hydrogens (primary N) is 1. The first-order valence-electron chi connectivity index (χ1n) is 9.64. The van der Waals surface area contributed by atoms with Gasteiger partial charge in [-0.1, -0.05) is 12.1 Å². The summed E-state index contributed by atoms with van der Waals surface area (Å²) in [5, 5.41) is 0. The molecule has 5 nitrogen and oxygen atoms in total.